The van der Waals surface area contributed by atoms with E-state index in [1.807, 2.05) is 18.2 Å². The molecule has 2 heterocycles. The molecule has 2 amide bonds. The molecule has 7 nitrogen and oxygen atoms in total. The fourth-order valence-electron chi connectivity index (χ4n) is 2.43. The SMILES string of the molecule is Cc1cc(NC(=O)CCN2C(=O)C(C)Oc3ccccc32)no1. The van der Waals surface area contributed by atoms with Gasteiger partial charge >= 0.3 is 0 Å². The Morgan fingerprint density at radius 1 is 1.39 bits per heavy atom. The summed E-state index contributed by atoms with van der Waals surface area (Å²) in [6.45, 7) is 3.71. The number of hydrogen-bond donors (Lipinski definition) is 1. The van der Waals surface area contributed by atoms with Gasteiger partial charge in [-0.3, -0.25) is 9.59 Å². The van der Waals surface area contributed by atoms with E-state index in [1.165, 1.54) is 0 Å². The van der Waals surface area contributed by atoms with Gasteiger partial charge in [0.2, 0.25) is 5.91 Å². The van der Waals surface area contributed by atoms with E-state index in [-0.39, 0.29) is 24.8 Å². The molecule has 120 valence electrons. The van der Waals surface area contributed by atoms with E-state index < -0.39 is 6.10 Å². The van der Waals surface area contributed by atoms with Gasteiger partial charge in [0.25, 0.3) is 5.91 Å². The second kappa shape index (κ2) is 6.12. The molecule has 1 N–H and O–H groups in total. The first-order valence-electron chi connectivity index (χ1n) is 7.35. The summed E-state index contributed by atoms with van der Waals surface area (Å²) >= 11 is 0. The second-order valence-corrected chi connectivity index (χ2v) is 5.34. The molecule has 1 aromatic carbocycles. The van der Waals surface area contributed by atoms with Crippen LogP contribution in [0.1, 0.15) is 19.1 Å². The fraction of sp³-hybridized carbons (Fsp3) is 0.312. The van der Waals surface area contributed by atoms with Gasteiger partial charge in [-0.15, -0.1) is 0 Å². The van der Waals surface area contributed by atoms with Crippen LogP contribution in [0.4, 0.5) is 11.5 Å². The van der Waals surface area contributed by atoms with Crippen LogP contribution in [0.3, 0.4) is 0 Å². The quantitative estimate of drug-likeness (QED) is 0.934. The minimum Gasteiger partial charge on any atom is -0.479 e. The molecule has 0 spiro atoms. The minimum atomic E-state index is -0.564. The molecular formula is C16H17N3O4. The van der Waals surface area contributed by atoms with Crippen LogP contribution in [0.25, 0.3) is 0 Å². The molecule has 3 rings (SSSR count). The average molecular weight is 315 g/mol. The maximum Gasteiger partial charge on any atom is 0.267 e. The van der Waals surface area contributed by atoms with Crippen molar-refractivity contribution in [2.45, 2.75) is 26.4 Å². The van der Waals surface area contributed by atoms with Crippen molar-refractivity contribution in [1.29, 1.82) is 0 Å². The number of amides is 2. The van der Waals surface area contributed by atoms with Gasteiger partial charge in [0, 0.05) is 19.0 Å². The molecule has 0 saturated heterocycles. The number of aromatic nitrogens is 1. The van der Waals surface area contributed by atoms with Gasteiger partial charge in [0.1, 0.15) is 11.5 Å². The third-order valence-corrected chi connectivity index (χ3v) is 3.53. The molecule has 7 heteroatoms. The Morgan fingerprint density at radius 2 is 2.17 bits per heavy atom. The van der Waals surface area contributed by atoms with Crippen LogP contribution in [-0.4, -0.2) is 29.6 Å². The normalized spacial score (nSPS) is 16.7. The molecule has 1 aliphatic heterocycles. The van der Waals surface area contributed by atoms with Crippen molar-refractivity contribution < 1.29 is 18.8 Å². The summed E-state index contributed by atoms with van der Waals surface area (Å²) in [5.41, 5.74) is 0.681. The number of hydrogen-bond acceptors (Lipinski definition) is 5. The Balaban J connectivity index is 1.67. The highest BCUT2D eigenvalue weighted by molar-refractivity contribution is 6.00. The number of carbonyl (C=O) groups is 2. The summed E-state index contributed by atoms with van der Waals surface area (Å²) in [6.07, 6.45) is -0.412. The number of carbonyl (C=O) groups excluding carboxylic acids is 2. The lowest BCUT2D eigenvalue weighted by Crippen LogP contribution is -2.45. The van der Waals surface area contributed by atoms with Gasteiger partial charge < -0.3 is 19.5 Å². The van der Waals surface area contributed by atoms with Crippen molar-refractivity contribution in [2.75, 3.05) is 16.8 Å². The Labute approximate surface area is 133 Å². The zero-order chi connectivity index (χ0) is 16.4. The predicted octanol–water partition coefficient (Wildman–Crippen LogP) is 2.13. The lowest BCUT2D eigenvalue weighted by molar-refractivity contribution is -0.125. The highest BCUT2D eigenvalue weighted by Crippen LogP contribution is 2.33. The highest BCUT2D eigenvalue weighted by Gasteiger charge is 2.31. The third-order valence-electron chi connectivity index (χ3n) is 3.53. The van der Waals surface area contributed by atoms with E-state index in [0.29, 0.717) is 23.0 Å². The van der Waals surface area contributed by atoms with E-state index in [1.54, 1.807) is 30.9 Å². The molecule has 2 aromatic rings. The molecule has 0 saturated carbocycles. The lowest BCUT2D eigenvalue weighted by atomic mass is 10.1. The first-order valence-corrected chi connectivity index (χ1v) is 7.35. The number of para-hydroxylation sites is 2. The lowest BCUT2D eigenvalue weighted by Gasteiger charge is -2.32. The zero-order valence-electron chi connectivity index (χ0n) is 12.9. The minimum absolute atomic E-state index is 0.151. The number of nitrogens with one attached hydrogen (secondary N) is 1. The van der Waals surface area contributed by atoms with Crippen LogP contribution in [0.5, 0.6) is 5.75 Å². The Bertz CT molecular complexity index is 740. The van der Waals surface area contributed by atoms with Crippen LogP contribution in [0.15, 0.2) is 34.9 Å². The molecule has 0 fully saturated rings. The first kappa shape index (κ1) is 15.1. The van der Waals surface area contributed by atoms with Crippen LogP contribution in [-0.2, 0) is 9.59 Å². The highest BCUT2D eigenvalue weighted by atomic mass is 16.5. The van der Waals surface area contributed by atoms with Crippen molar-refractivity contribution in [3.8, 4) is 5.75 Å². The molecule has 0 bridgehead atoms. The Kier molecular flexibility index (Phi) is 4.01. The van der Waals surface area contributed by atoms with Gasteiger partial charge in [-0.05, 0) is 26.0 Å². The topological polar surface area (TPSA) is 84.7 Å². The zero-order valence-corrected chi connectivity index (χ0v) is 12.9. The van der Waals surface area contributed by atoms with Gasteiger partial charge in [0.15, 0.2) is 11.9 Å². The number of benzene rings is 1. The van der Waals surface area contributed by atoms with Gasteiger partial charge in [-0.1, -0.05) is 17.3 Å². The summed E-state index contributed by atoms with van der Waals surface area (Å²) in [5.74, 6) is 1.24. The Morgan fingerprint density at radius 3 is 2.91 bits per heavy atom. The molecule has 0 aliphatic carbocycles. The predicted molar refractivity (Wildman–Crippen MR) is 83.4 cm³/mol. The standard InChI is InChI=1S/C16H17N3O4/c1-10-9-14(18-23-10)17-15(20)7-8-19-12-5-3-4-6-13(12)22-11(2)16(19)21/h3-6,9,11H,7-8H2,1-2H3,(H,17,18,20). The van der Waals surface area contributed by atoms with E-state index in [2.05, 4.69) is 10.5 Å². The number of rotatable bonds is 4. The van der Waals surface area contributed by atoms with Crippen molar-refractivity contribution in [1.82, 2.24) is 5.16 Å². The average Bonchev–Trinajstić information content (AvgIpc) is 2.93. The van der Waals surface area contributed by atoms with Gasteiger partial charge in [-0.25, -0.2) is 0 Å². The monoisotopic (exact) mass is 315 g/mol. The summed E-state index contributed by atoms with van der Waals surface area (Å²) in [5, 5.41) is 6.35. The summed E-state index contributed by atoms with van der Waals surface area (Å²) in [4.78, 5) is 25.9. The van der Waals surface area contributed by atoms with E-state index in [4.69, 9.17) is 9.26 Å². The summed E-state index contributed by atoms with van der Waals surface area (Å²) < 4.78 is 10.5. The van der Waals surface area contributed by atoms with Crippen LogP contribution >= 0.6 is 0 Å². The first-order chi connectivity index (χ1) is 11.0. The maximum atomic E-state index is 12.3. The molecule has 1 aromatic heterocycles. The van der Waals surface area contributed by atoms with E-state index in [0.717, 1.165) is 0 Å². The molecule has 0 radical (unpaired) electrons. The summed E-state index contributed by atoms with van der Waals surface area (Å²) in [7, 11) is 0. The number of nitrogens with zero attached hydrogens (tertiary/aromatic N) is 2. The molecule has 1 atom stereocenters. The van der Waals surface area contributed by atoms with E-state index >= 15 is 0 Å². The Hall–Kier alpha value is -2.83. The largest absolute Gasteiger partial charge is 0.479 e. The van der Waals surface area contributed by atoms with Gasteiger partial charge in [-0.2, -0.15) is 0 Å². The molecule has 1 unspecified atom stereocenters. The van der Waals surface area contributed by atoms with Crippen molar-refractivity contribution in [3.63, 3.8) is 0 Å². The number of ether oxygens (including phenoxy) is 1. The van der Waals surface area contributed by atoms with E-state index in [9.17, 15) is 9.59 Å². The van der Waals surface area contributed by atoms with Crippen LogP contribution in [0.2, 0.25) is 0 Å². The fourth-order valence-corrected chi connectivity index (χ4v) is 2.43. The number of anilines is 2. The molecule has 23 heavy (non-hydrogen) atoms. The van der Waals surface area contributed by atoms with Crippen LogP contribution < -0.4 is 15.0 Å². The molecular weight excluding hydrogens is 298 g/mol. The van der Waals surface area contributed by atoms with Crippen molar-refractivity contribution >= 4 is 23.3 Å². The van der Waals surface area contributed by atoms with Crippen LogP contribution in [0, 0.1) is 6.92 Å². The second-order valence-electron chi connectivity index (χ2n) is 5.34. The third kappa shape index (κ3) is 3.18. The van der Waals surface area contributed by atoms with Crippen molar-refractivity contribution in [2.24, 2.45) is 0 Å². The molecule has 1 aliphatic rings. The van der Waals surface area contributed by atoms with Crippen molar-refractivity contribution in [3.05, 3.63) is 36.1 Å². The smallest absolute Gasteiger partial charge is 0.267 e. The maximum absolute atomic E-state index is 12.3. The number of aryl methyl sites for hydroxylation is 1. The summed E-state index contributed by atoms with van der Waals surface area (Å²) in [6, 6.07) is 8.92. The van der Waals surface area contributed by atoms with Gasteiger partial charge in [0.05, 0.1) is 5.69 Å². The number of fused-ring (bicyclic) bond motifs is 1.